The van der Waals surface area contributed by atoms with Gasteiger partial charge in [-0.25, -0.2) is 0 Å². The number of halogens is 1. The smallest absolute Gasteiger partial charge is 0.237 e. The third kappa shape index (κ3) is 4.23. The van der Waals surface area contributed by atoms with Gasteiger partial charge in [0.25, 0.3) is 0 Å². The molecule has 0 unspecified atom stereocenters. The maximum Gasteiger partial charge on any atom is 0.237 e. The van der Waals surface area contributed by atoms with Crippen LogP contribution in [0.3, 0.4) is 0 Å². The first kappa shape index (κ1) is 15.8. The fourth-order valence-corrected chi connectivity index (χ4v) is 3.55. The van der Waals surface area contributed by atoms with Crippen molar-refractivity contribution < 1.29 is 4.79 Å². The molecule has 1 aromatic carbocycles. The van der Waals surface area contributed by atoms with Gasteiger partial charge in [0.05, 0.1) is 0 Å². The minimum absolute atomic E-state index is 0.0865. The number of piperidine rings is 1. The van der Waals surface area contributed by atoms with Crippen LogP contribution < -0.4 is 0 Å². The van der Waals surface area contributed by atoms with E-state index in [1.54, 1.807) is 0 Å². The summed E-state index contributed by atoms with van der Waals surface area (Å²) in [4.78, 5) is 16.2. The van der Waals surface area contributed by atoms with Gasteiger partial charge in [-0.05, 0) is 37.2 Å². The zero-order chi connectivity index (χ0) is 15.4. The molecule has 1 aliphatic heterocycles. The second kappa shape index (κ2) is 7.47. The van der Waals surface area contributed by atoms with E-state index in [1.807, 2.05) is 4.90 Å². The lowest BCUT2D eigenvalue weighted by Crippen LogP contribution is -2.42. The first-order valence-electron chi connectivity index (χ1n) is 8.38. The third-order valence-corrected chi connectivity index (χ3v) is 5.09. The standard InChI is InChI=1S/C18H25ClN2O/c19-12-18(22)20-10-8-16(9-11-20)14-21(17-6-7-17)13-15-4-2-1-3-5-15/h1-5,16-17H,6-14H2. The van der Waals surface area contributed by atoms with E-state index in [0.717, 1.165) is 38.5 Å². The summed E-state index contributed by atoms with van der Waals surface area (Å²) in [6.45, 7) is 3.98. The largest absolute Gasteiger partial charge is 0.342 e. The Kier molecular flexibility index (Phi) is 5.37. The molecule has 1 saturated carbocycles. The van der Waals surface area contributed by atoms with Crippen molar-refractivity contribution in [2.24, 2.45) is 5.92 Å². The Balaban J connectivity index is 1.51. The van der Waals surface area contributed by atoms with Gasteiger partial charge in [0.2, 0.25) is 5.91 Å². The van der Waals surface area contributed by atoms with E-state index in [0.29, 0.717) is 5.92 Å². The first-order valence-corrected chi connectivity index (χ1v) is 8.91. The highest BCUT2D eigenvalue weighted by Crippen LogP contribution is 2.31. The zero-order valence-electron chi connectivity index (χ0n) is 13.1. The summed E-state index contributed by atoms with van der Waals surface area (Å²) >= 11 is 5.65. The fraction of sp³-hybridized carbons (Fsp3) is 0.611. The summed E-state index contributed by atoms with van der Waals surface area (Å²) in [7, 11) is 0. The second-order valence-corrected chi connectivity index (χ2v) is 6.87. The van der Waals surface area contributed by atoms with E-state index in [-0.39, 0.29) is 11.8 Å². The molecular formula is C18H25ClN2O. The first-order chi connectivity index (χ1) is 10.8. The molecule has 1 aromatic rings. The van der Waals surface area contributed by atoms with Crippen LogP contribution in [0.4, 0.5) is 0 Å². The van der Waals surface area contributed by atoms with Crippen LogP contribution in [-0.2, 0) is 11.3 Å². The quantitative estimate of drug-likeness (QED) is 0.752. The Morgan fingerprint density at radius 2 is 1.82 bits per heavy atom. The molecule has 1 amide bonds. The molecule has 3 rings (SSSR count). The van der Waals surface area contributed by atoms with E-state index < -0.39 is 0 Å². The minimum atomic E-state index is 0.0865. The van der Waals surface area contributed by atoms with Crippen LogP contribution in [0, 0.1) is 5.92 Å². The second-order valence-electron chi connectivity index (χ2n) is 6.60. The summed E-state index contributed by atoms with van der Waals surface area (Å²) in [5.41, 5.74) is 1.41. The maximum atomic E-state index is 11.6. The lowest BCUT2D eigenvalue weighted by atomic mass is 9.96. The van der Waals surface area contributed by atoms with Gasteiger partial charge in [-0.15, -0.1) is 11.6 Å². The van der Waals surface area contributed by atoms with E-state index in [2.05, 4.69) is 35.2 Å². The molecule has 4 heteroatoms. The topological polar surface area (TPSA) is 23.6 Å². The molecule has 0 radical (unpaired) electrons. The molecule has 0 aromatic heterocycles. The number of hydrogen-bond donors (Lipinski definition) is 0. The van der Waals surface area contributed by atoms with Crippen molar-refractivity contribution in [3.05, 3.63) is 35.9 Å². The maximum absolute atomic E-state index is 11.6. The zero-order valence-corrected chi connectivity index (χ0v) is 13.8. The van der Waals surface area contributed by atoms with Crippen LogP contribution in [0.5, 0.6) is 0 Å². The molecule has 2 fully saturated rings. The normalized spacial score (nSPS) is 19.6. The average molecular weight is 321 g/mol. The number of alkyl halides is 1. The van der Waals surface area contributed by atoms with E-state index in [1.165, 1.54) is 24.9 Å². The van der Waals surface area contributed by atoms with Gasteiger partial charge >= 0.3 is 0 Å². The van der Waals surface area contributed by atoms with Crippen molar-refractivity contribution in [3.8, 4) is 0 Å². The molecule has 1 aliphatic carbocycles. The van der Waals surface area contributed by atoms with Gasteiger partial charge in [-0.3, -0.25) is 9.69 Å². The number of benzene rings is 1. The van der Waals surface area contributed by atoms with Crippen molar-refractivity contribution in [1.29, 1.82) is 0 Å². The van der Waals surface area contributed by atoms with Crippen molar-refractivity contribution in [1.82, 2.24) is 9.80 Å². The molecule has 1 heterocycles. The van der Waals surface area contributed by atoms with Crippen LogP contribution in [-0.4, -0.2) is 47.3 Å². The van der Waals surface area contributed by atoms with Gasteiger partial charge in [-0.2, -0.15) is 0 Å². The molecule has 3 nitrogen and oxygen atoms in total. The van der Waals surface area contributed by atoms with Gasteiger partial charge in [0.15, 0.2) is 0 Å². The van der Waals surface area contributed by atoms with Crippen molar-refractivity contribution in [2.75, 3.05) is 25.5 Å². The summed E-state index contributed by atoms with van der Waals surface area (Å²) < 4.78 is 0. The summed E-state index contributed by atoms with van der Waals surface area (Å²) in [6.07, 6.45) is 4.91. The van der Waals surface area contributed by atoms with Crippen molar-refractivity contribution in [2.45, 2.75) is 38.3 Å². The van der Waals surface area contributed by atoms with Crippen molar-refractivity contribution in [3.63, 3.8) is 0 Å². The minimum Gasteiger partial charge on any atom is -0.342 e. The van der Waals surface area contributed by atoms with Gasteiger partial charge in [0.1, 0.15) is 5.88 Å². The Hall–Kier alpha value is -1.06. The van der Waals surface area contributed by atoms with Crippen LogP contribution >= 0.6 is 11.6 Å². The van der Waals surface area contributed by atoms with E-state index in [9.17, 15) is 4.79 Å². The predicted octanol–water partition coefficient (Wildman–Crippen LogP) is 3.13. The van der Waals surface area contributed by atoms with Gasteiger partial charge in [0, 0.05) is 32.2 Å². The number of rotatable bonds is 6. The fourth-order valence-electron chi connectivity index (χ4n) is 3.38. The summed E-state index contributed by atoms with van der Waals surface area (Å²) in [6, 6.07) is 11.5. The Morgan fingerprint density at radius 3 is 2.41 bits per heavy atom. The van der Waals surface area contributed by atoms with Crippen molar-refractivity contribution >= 4 is 17.5 Å². The Labute approximate surface area is 138 Å². The monoisotopic (exact) mass is 320 g/mol. The highest BCUT2D eigenvalue weighted by molar-refractivity contribution is 6.27. The SMILES string of the molecule is O=C(CCl)N1CCC(CN(Cc2ccccc2)C2CC2)CC1. The van der Waals surface area contributed by atoms with E-state index >= 15 is 0 Å². The predicted molar refractivity (Wildman–Crippen MR) is 89.9 cm³/mol. The number of likely N-dealkylation sites (tertiary alicyclic amines) is 1. The number of carbonyl (C=O) groups is 1. The molecule has 0 atom stereocenters. The van der Waals surface area contributed by atoms with E-state index in [4.69, 9.17) is 11.6 Å². The highest BCUT2D eigenvalue weighted by atomic mass is 35.5. The molecule has 120 valence electrons. The number of carbonyl (C=O) groups excluding carboxylic acids is 1. The summed E-state index contributed by atoms with van der Waals surface area (Å²) in [5, 5.41) is 0. The number of hydrogen-bond acceptors (Lipinski definition) is 2. The Bertz CT molecular complexity index is 481. The highest BCUT2D eigenvalue weighted by Gasteiger charge is 2.32. The van der Waals surface area contributed by atoms with Crippen LogP contribution in [0.25, 0.3) is 0 Å². The lowest BCUT2D eigenvalue weighted by Gasteiger charge is -2.35. The van der Waals surface area contributed by atoms with Crippen LogP contribution in [0.2, 0.25) is 0 Å². The van der Waals surface area contributed by atoms with Gasteiger partial charge in [-0.1, -0.05) is 30.3 Å². The number of nitrogens with zero attached hydrogens (tertiary/aromatic N) is 2. The lowest BCUT2D eigenvalue weighted by molar-refractivity contribution is -0.129. The molecular weight excluding hydrogens is 296 g/mol. The van der Waals surface area contributed by atoms with Crippen LogP contribution in [0.15, 0.2) is 30.3 Å². The molecule has 22 heavy (non-hydrogen) atoms. The van der Waals surface area contributed by atoms with Gasteiger partial charge < -0.3 is 4.90 Å². The molecule has 1 saturated heterocycles. The summed E-state index contributed by atoms with van der Waals surface area (Å²) in [5.74, 6) is 0.916. The molecule has 0 N–H and O–H groups in total. The molecule has 0 bridgehead atoms. The van der Waals surface area contributed by atoms with Crippen LogP contribution in [0.1, 0.15) is 31.2 Å². The average Bonchev–Trinajstić information content (AvgIpc) is 3.40. The Morgan fingerprint density at radius 1 is 1.14 bits per heavy atom. The molecule has 0 spiro atoms. The number of amides is 1. The third-order valence-electron chi connectivity index (χ3n) is 4.87. The molecule has 2 aliphatic rings.